The summed E-state index contributed by atoms with van der Waals surface area (Å²) in [6, 6.07) is 8.88. The summed E-state index contributed by atoms with van der Waals surface area (Å²) >= 11 is 1.80. The van der Waals surface area contributed by atoms with Crippen molar-refractivity contribution in [2.45, 2.75) is 17.7 Å². The van der Waals surface area contributed by atoms with E-state index in [2.05, 4.69) is 35.4 Å². The third kappa shape index (κ3) is 1.99. The Morgan fingerprint density at radius 3 is 2.23 bits per heavy atom. The van der Waals surface area contributed by atoms with Crippen molar-refractivity contribution in [1.29, 1.82) is 0 Å². The van der Waals surface area contributed by atoms with Crippen molar-refractivity contribution < 1.29 is 0 Å². The Morgan fingerprint density at radius 1 is 1.08 bits per heavy atom. The Morgan fingerprint density at radius 2 is 1.69 bits per heavy atom. The summed E-state index contributed by atoms with van der Waals surface area (Å²) in [5.41, 5.74) is 1.38. The molecule has 1 aromatic carbocycles. The minimum absolute atomic E-state index is 1.23. The molecular weight excluding hydrogens is 178 g/mol. The number of rotatable bonds is 2. The zero-order valence-electron chi connectivity index (χ0n) is 7.99. The SMILES string of the molecule is CSc1ccc(N2CCCC2)cc1. The first-order valence-electron chi connectivity index (χ1n) is 4.79. The Hall–Kier alpha value is -0.630. The van der Waals surface area contributed by atoms with E-state index in [4.69, 9.17) is 0 Å². The van der Waals surface area contributed by atoms with Gasteiger partial charge in [-0.05, 0) is 43.4 Å². The van der Waals surface area contributed by atoms with E-state index in [1.165, 1.54) is 36.5 Å². The van der Waals surface area contributed by atoms with Crippen molar-refractivity contribution in [3.05, 3.63) is 24.3 Å². The molecule has 13 heavy (non-hydrogen) atoms. The van der Waals surface area contributed by atoms with Crippen LogP contribution >= 0.6 is 11.8 Å². The minimum Gasteiger partial charge on any atom is -0.372 e. The second-order valence-electron chi connectivity index (χ2n) is 3.39. The molecule has 0 N–H and O–H groups in total. The second kappa shape index (κ2) is 4.05. The Labute approximate surface area is 84.1 Å². The highest BCUT2D eigenvalue weighted by molar-refractivity contribution is 7.98. The van der Waals surface area contributed by atoms with E-state index in [0.717, 1.165) is 0 Å². The fourth-order valence-electron chi connectivity index (χ4n) is 1.77. The fourth-order valence-corrected chi connectivity index (χ4v) is 2.18. The molecule has 0 amide bonds. The highest BCUT2D eigenvalue weighted by Gasteiger charge is 2.11. The van der Waals surface area contributed by atoms with Gasteiger partial charge in [-0.15, -0.1) is 11.8 Å². The zero-order chi connectivity index (χ0) is 9.10. The average molecular weight is 193 g/mol. The lowest BCUT2D eigenvalue weighted by atomic mass is 10.3. The van der Waals surface area contributed by atoms with Crippen LogP contribution in [0.3, 0.4) is 0 Å². The maximum atomic E-state index is 2.46. The minimum atomic E-state index is 1.23. The number of nitrogens with zero attached hydrogens (tertiary/aromatic N) is 1. The van der Waals surface area contributed by atoms with E-state index in [0.29, 0.717) is 0 Å². The second-order valence-corrected chi connectivity index (χ2v) is 4.27. The Balaban J connectivity index is 2.12. The summed E-state index contributed by atoms with van der Waals surface area (Å²) in [4.78, 5) is 3.81. The first-order chi connectivity index (χ1) is 6.40. The predicted octanol–water partition coefficient (Wildman–Crippen LogP) is 3.01. The molecule has 1 aliphatic rings. The van der Waals surface area contributed by atoms with Crippen LogP contribution in [0.4, 0.5) is 5.69 Å². The molecule has 1 heterocycles. The summed E-state index contributed by atoms with van der Waals surface area (Å²) in [6.07, 6.45) is 4.82. The number of hydrogen-bond acceptors (Lipinski definition) is 2. The molecular formula is C11H15NS. The molecule has 70 valence electrons. The lowest BCUT2D eigenvalue weighted by Crippen LogP contribution is -2.17. The lowest BCUT2D eigenvalue weighted by molar-refractivity contribution is 0.949. The van der Waals surface area contributed by atoms with E-state index in [1.54, 1.807) is 11.8 Å². The van der Waals surface area contributed by atoms with Gasteiger partial charge in [-0.1, -0.05) is 0 Å². The monoisotopic (exact) mass is 193 g/mol. The van der Waals surface area contributed by atoms with Crippen molar-refractivity contribution in [2.75, 3.05) is 24.2 Å². The van der Waals surface area contributed by atoms with Gasteiger partial charge >= 0.3 is 0 Å². The van der Waals surface area contributed by atoms with Crippen LogP contribution in [0.25, 0.3) is 0 Å². The van der Waals surface area contributed by atoms with Crippen LogP contribution in [-0.2, 0) is 0 Å². The van der Waals surface area contributed by atoms with Gasteiger partial charge in [0.05, 0.1) is 0 Å². The maximum absolute atomic E-state index is 2.46. The number of hydrogen-bond donors (Lipinski definition) is 0. The van der Waals surface area contributed by atoms with E-state index >= 15 is 0 Å². The van der Waals surface area contributed by atoms with Crippen LogP contribution in [0.2, 0.25) is 0 Å². The molecule has 1 nitrogen and oxygen atoms in total. The predicted molar refractivity (Wildman–Crippen MR) is 59.7 cm³/mol. The number of anilines is 1. The van der Waals surface area contributed by atoms with Gasteiger partial charge in [0.2, 0.25) is 0 Å². The van der Waals surface area contributed by atoms with E-state index in [-0.39, 0.29) is 0 Å². The van der Waals surface area contributed by atoms with Crippen LogP contribution in [0.5, 0.6) is 0 Å². The van der Waals surface area contributed by atoms with Gasteiger partial charge in [0.1, 0.15) is 0 Å². The standard InChI is InChI=1S/C11H15NS/c1-13-11-6-4-10(5-7-11)12-8-2-3-9-12/h4-7H,2-3,8-9H2,1H3. The van der Waals surface area contributed by atoms with Crippen LogP contribution in [0, 0.1) is 0 Å². The van der Waals surface area contributed by atoms with Crippen LogP contribution in [0.1, 0.15) is 12.8 Å². The lowest BCUT2D eigenvalue weighted by Gasteiger charge is -2.17. The molecule has 1 saturated heterocycles. The van der Waals surface area contributed by atoms with E-state index in [9.17, 15) is 0 Å². The topological polar surface area (TPSA) is 3.24 Å². The summed E-state index contributed by atoms with van der Waals surface area (Å²) in [6.45, 7) is 2.47. The first-order valence-corrected chi connectivity index (χ1v) is 6.01. The van der Waals surface area contributed by atoms with Gasteiger partial charge in [-0.2, -0.15) is 0 Å². The van der Waals surface area contributed by atoms with E-state index < -0.39 is 0 Å². The van der Waals surface area contributed by atoms with Crippen molar-refractivity contribution in [2.24, 2.45) is 0 Å². The summed E-state index contributed by atoms with van der Waals surface area (Å²) in [7, 11) is 0. The number of thioether (sulfide) groups is 1. The summed E-state index contributed by atoms with van der Waals surface area (Å²) in [5.74, 6) is 0. The van der Waals surface area contributed by atoms with Crippen molar-refractivity contribution in [3.8, 4) is 0 Å². The molecule has 1 fully saturated rings. The molecule has 2 rings (SSSR count). The molecule has 0 unspecified atom stereocenters. The highest BCUT2D eigenvalue weighted by atomic mass is 32.2. The van der Waals surface area contributed by atoms with Gasteiger partial charge in [-0.3, -0.25) is 0 Å². The van der Waals surface area contributed by atoms with E-state index in [1.807, 2.05) is 0 Å². The van der Waals surface area contributed by atoms with Crippen LogP contribution < -0.4 is 4.90 Å². The van der Waals surface area contributed by atoms with Crippen molar-refractivity contribution in [1.82, 2.24) is 0 Å². The Kier molecular flexibility index (Phi) is 2.79. The van der Waals surface area contributed by atoms with Crippen molar-refractivity contribution >= 4 is 17.4 Å². The van der Waals surface area contributed by atoms with Crippen molar-refractivity contribution in [3.63, 3.8) is 0 Å². The molecule has 0 atom stereocenters. The van der Waals surface area contributed by atoms with Gasteiger partial charge in [0.15, 0.2) is 0 Å². The molecule has 0 spiro atoms. The summed E-state index contributed by atoms with van der Waals surface area (Å²) in [5, 5.41) is 0. The van der Waals surface area contributed by atoms with Gasteiger partial charge in [0.25, 0.3) is 0 Å². The normalized spacial score (nSPS) is 16.5. The van der Waals surface area contributed by atoms with Gasteiger partial charge in [-0.25, -0.2) is 0 Å². The molecule has 0 aliphatic carbocycles. The third-order valence-corrected chi connectivity index (χ3v) is 3.29. The smallest absolute Gasteiger partial charge is 0.0366 e. The molecule has 0 bridgehead atoms. The number of benzene rings is 1. The summed E-state index contributed by atoms with van der Waals surface area (Å²) < 4.78 is 0. The molecule has 1 aromatic rings. The molecule has 0 saturated carbocycles. The largest absolute Gasteiger partial charge is 0.372 e. The third-order valence-electron chi connectivity index (χ3n) is 2.54. The quantitative estimate of drug-likeness (QED) is 0.664. The molecule has 1 aliphatic heterocycles. The molecule has 0 aromatic heterocycles. The molecule has 0 radical (unpaired) electrons. The van der Waals surface area contributed by atoms with Gasteiger partial charge in [0, 0.05) is 23.7 Å². The first kappa shape index (κ1) is 8.95. The van der Waals surface area contributed by atoms with Crippen LogP contribution in [-0.4, -0.2) is 19.3 Å². The maximum Gasteiger partial charge on any atom is 0.0366 e. The zero-order valence-corrected chi connectivity index (χ0v) is 8.81. The van der Waals surface area contributed by atoms with Gasteiger partial charge < -0.3 is 4.90 Å². The highest BCUT2D eigenvalue weighted by Crippen LogP contribution is 2.23. The average Bonchev–Trinajstić information content (AvgIpc) is 2.71. The fraction of sp³-hybridized carbons (Fsp3) is 0.455. The Bertz CT molecular complexity index is 262. The van der Waals surface area contributed by atoms with Crippen LogP contribution in [0.15, 0.2) is 29.2 Å². The molecule has 2 heteroatoms.